The van der Waals surface area contributed by atoms with Crippen LogP contribution in [0.25, 0.3) is 12.2 Å². The average molecular weight is 310 g/mol. The third-order valence-electron chi connectivity index (χ3n) is 4.25. The van der Waals surface area contributed by atoms with E-state index in [1.165, 1.54) is 5.56 Å². The maximum Gasteiger partial charge on any atom is 0.250 e. The number of benzene rings is 2. The Hall–Kier alpha value is -1.80. The second kappa shape index (κ2) is 6.53. The molecule has 1 radical (unpaired) electrons. The summed E-state index contributed by atoms with van der Waals surface area (Å²) in [4.78, 5) is 0. The van der Waals surface area contributed by atoms with Crippen LogP contribution in [0, 0.1) is 6.07 Å². The van der Waals surface area contributed by atoms with Gasteiger partial charge >= 0.3 is 0 Å². The fraction of sp³-hybridized carbons (Fsp3) is 0.300. The van der Waals surface area contributed by atoms with Gasteiger partial charge in [-0.2, -0.15) is 0 Å². The third-order valence-corrected chi connectivity index (χ3v) is 8.59. The lowest BCUT2D eigenvalue weighted by molar-refractivity contribution is 0.491. The van der Waals surface area contributed by atoms with Crippen LogP contribution in [0.15, 0.2) is 48.5 Å². The quantitative estimate of drug-likeness (QED) is 0.494. The minimum atomic E-state index is -1.78. The SMILES string of the molecule is CC(C)(C)[Si](C)(C)Oc1[c]cc(/C=C/c2ccccc2)cc1. The van der Waals surface area contributed by atoms with Crippen LogP contribution in [0.1, 0.15) is 31.9 Å². The van der Waals surface area contributed by atoms with E-state index in [2.05, 4.69) is 70.3 Å². The minimum Gasteiger partial charge on any atom is -0.543 e. The summed E-state index contributed by atoms with van der Waals surface area (Å²) in [5.41, 5.74) is 2.33. The van der Waals surface area contributed by atoms with Crippen LogP contribution in [0.3, 0.4) is 0 Å². The Morgan fingerprint density at radius 3 is 2.09 bits per heavy atom. The summed E-state index contributed by atoms with van der Waals surface area (Å²) >= 11 is 0. The first-order valence-corrected chi connectivity index (χ1v) is 10.6. The van der Waals surface area contributed by atoms with Crippen molar-refractivity contribution < 1.29 is 4.43 Å². The van der Waals surface area contributed by atoms with Crippen LogP contribution in [0.4, 0.5) is 0 Å². The molecule has 22 heavy (non-hydrogen) atoms. The predicted octanol–water partition coefficient (Wildman–Crippen LogP) is 6.04. The molecule has 2 aromatic carbocycles. The van der Waals surface area contributed by atoms with Crippen molar-refractivity contribution in [3.05, 3.63) is 65.7 Å². The van der Waals surface area contributed by atoms with Crippen molar-refractivity contribution in [2.45, 2.75) is 38.9 Å². The van der Waals surface area contributed by atoms with E-state index in [0.717, 1.165) is 11.3 Å². The first-order valence-electron chi connectivity index (χ1n) is 7.72. The van der Waals surface area contributed by atoms with E-state index in [0.29, 0.717) is 0 Å². The zero-order valence-corrected chi connectivity index (χ0v) is 15.2. The highest BCUT2D eigenvalue weighted by Crippen LogP contribution is 2.37. The molecule has 0 N–H and O–H groups in total. The molecule has 1 nitrogen and oxygen atoms in total. The molecule has 0 aromatic heterocycles. The lowest BCUT2D eigenvalue weighted by Crippen LogP contribution is -2.43. The van der Waals surface area contributed by atoms with E-state index in [-0.39, 0.29) is 5.04 Å². The van der Waals surface area contributed by atoms with E-state index < -0.39 is 8.32 Å². The predicted molar refractivity (Wildman–Crippen MR) is 98.5 cm³/mol. The van der Waals surface area contributed by atoms with Crippen molar-refractivity contribution in [1.82, 2.24) is 0 Å². The van der Waals surface area contributed by atoms with E-state index in [1.807, 2.05) is 30.3 Å². The van der Waals surface area contributed by atoms with Crippen molar-refractivity contribution >= 4 is 20.5 Å². The standard InChI is InChI=1S/C20H25OSi/c1-20(2,3)22(4,5)21-19-15-13-18(14-16-19)12-11-17-9-7-6-8-10-17/h6-15H,1-5H3/b12-11+. The Bertz CT molecular complexity index is 619. The molecule has 0 aliphatic rings. The van der Waals surface area contributed by atoms with Crippen LogP contribution in [-0.2, 0) is 0 Å². The average Bonchev–Trinajstić information content (AvgIpc) is 2.46. The van der Waals surface area contributed by atoms with Gasteiger partial charge in [0.25, 0.3) is 8.32 Å². The molecule has 0 fully saturated rings. The van der Waals surface area contributed by atoms with Crippen LogP contribution in [-0.4, -0.2) is 8.32 Å². The second-order valence-corrected chi connectivity index (χ2v) is 11.8. The van der Waals surface area contributed by atoms with Gasteiger partial charge in [0.2, 0.25) is 0 Å². The van der Waals surface area contributed by atoms with E-state index >= 15 is 0 Å². The number of hydrogen-bond donors (Lipinski definition) is 0. The summed E-state index contributed by atoms with van der Waals surface area (Å²) in [6.07, 6.45) is 4.21. The largest absolute Gasteiger partial charge is 0.543 e. The Labute approximate surface area is 135 Å². The molecule has 0 spiro atoms. The number of hydrogen-bond acceptors (Lipinski definition) is 1. The highest BCUT2D eigenvalue weighted by molar-refractivity contribution is 6.74. The summed E-state index contributed by atoms with van der Waals surface area (Å²) in [5, 5.41) is 0.201. The molecule has 0 saturated carbocycles. The van der Waals surface area contributed by atoms with Crippen molar-refractivity contribution in [3.8, 4) is 5.75 Å². The highest BCUT2D eigenvalue weighted by atomic mass is 28.4. The first kappa shape index (κ1) is 16.6. The molecule has 0 aliphatic carbocycles. The summed E-state index contributed by atoms with van der Waals surface area (Å²) < 4.78 is 6.24. The zero-order chi connectivity index (χ0) is 16.2. The van der Waals surface area contributed by atoms with Gasteiger partial charge in [-0.15, -0.1) is 0 Å². The summed E-state index contributed by atoms with van der Waals surface area (Å²) in [7, 11) is -1.78. The molecule has 0 saturated heterocycles. The van der Waals surface area contributed by atoms with Crippen LogP contribution < -0.4 is 4.43 Å². The zero-order valence-electron chi connectivity index (χ0n) is 14.2. The Morgan fingerprint density at radius 1 is 0.909 bits per heavy atom. The molecule has 2 heteroatoms. The lowest BCUT2D eigenvalue weighted by atomic mass is 10.1. The molecule has 0 aliphatic heterocycles. The number of rotatable bonds is 4. The van der Waals surface area contributed by atoms with E-state index in [4.69, 9.17) is 4.43 Å². The molecule has 0 amide bonds. The Kier molecular flexibility index (Phi) is 4.92. The Morgan fingerprint density at radius 2 is 1.55 bits per heavy atom. The van der Waals surface area contributed by atoms with E-state index in [9.17, 15) is 0 Å². The smallest absolute Gasteiger partial charge is 0.250 e. The maximum absolute atomic E-state index is 6.24. The minimum absolute atomic E-state index is 0.201. The summed E-state index contributed by atoms with van der Waals surface area (Å²) in [5.74, 6) is 0.850. The molecule has 0 atom stereocenters. The first-order chi connectivity index (χ1) is 10.3. The summed E-state index contributed by atoms with van der Waals surface area (Å²) in [6, 6.07) is 19.6. The molecular weight excluding hydrogens is 284 g/mol. The van der Waals surface area contributed by atoms with Crippen LogP contribution in [0.2, 0.25) is 18.1 Å². The van der Waals surface area contributed by atoms with Crippen LogP contribution >= 0.6 is 0 Å². The highest BCUT2D eigenvalue weighted by Gasteiger charge is 2.38. The van der Waals surface area contributed by atoms with Gasteiger partial charge in [0.05, 0.1) is 0 Å². The van der Waals surface area contributed by atoms with Gasteiger partial charge in [0.15, 0.2) is 0 Å². The topological polar surface area (TPSA) is 9.23 Å². The molecule has 115 valence electrons. The normalized spacial score (nSPS) is 12.6. The van der Waals surface area contributed by atoms with Crippen molar-refractivity contribution in [2.24, 2.45) is 0 Å². The Balaban J connectivity index is 2.06. The third kappa shape index (κ3) is 4.34. The lowest BCUT2D eigenvalue weighted by Gasteiger charge is -2.36. The maximum atomic E-state index is 6.24. The van der Waals surface area contributed by atoms with Gasteiger partial charge in [-0.25, -0.2) is 0 Å². The fourth-order valence-electron chi connectivity index (χ4n) is 1.77. The van der Waals surface area contributed by atoms with Gasteiger partial charge in [-0.1, -0.05) is 69.3 Å². The van der Waals surface area contributed by atoms with Gasteiger partial charge in [-0.05, 0) is 41.4 Å². The molecule has 0 bridgehead atoms. The van der Waals surface area contributed by atoms with Crippen molar-refractivity contribution in [3.63, 3.8) is 0 Å². The fourth-order valence-corrected chi connectivity index (χ4v) is 2.76. The monoisotopic (exact) mass is 309 g/mol. The second-order valence-electron chi connectivity index (χ2n) is 7.09. The van der Waals surface area contributed by atoms with Crippen molar-refractivity contribution in [2.75, 3.05) is 0 Å². The summed E-state index contributed by atoms with van der Waals surface area (Å²) in [6.45, 7) is 11.2. The molecule has 0 unspecified atom stereocenters. The molecular formula is C20H25OSi. The molecule has 0 heterocycles. The molecule has 2 aromatic rings. The van der Waals surface area contributed by atoms with Gasteiger partial charge in [0.1, 0.15) is 5.75 Å². The van der Waals surface area contributed by atoms with Crippen molar-refractivity contribution in [1.29, 1.82) is 0 Å². The van der Waals surface area contributed by atoms with Gasteiger partial charge < -0.3 is 4.43 Å². The molecule has 2 rings (SSSR count). The van der Waals surface area contributed by atoms with E-state index in [1.54, 1.807) is 0 Å². The van der Waals surface area contributed by atoms with Gasteiger partial charge in [-0.3, -0.25) is 0 Å². The van der Waals surface area contributed by atoms with Gasteiger partial charge in [0, 0.05) is 6.07 Å². The van der Waals surface area contributed by atoms with Crippen LogP contribution in [0.5, 0.6) is 5.75 Å².